The van der Waals surface area contributed by atoms with Crippen LogP contribution in [0.15, 0.2) is 78.9 Å². The van der Waals surface area contributed by atoms with Crippen LogP contribution in [0.3, 0.4) is 0 Å². The van der Waals surface area contributed by atoms with E-state index in [2.05, 4.69) is 5.32 Å². The van der Waals surface area contributed by atoms with E-state index in [1.54, 1.807) is 29.2 Å². The van der Waals surface area contributed by atoms with Crippen molar-refractivity contribution in [1.29, 1.82) is 0 Å². The molecule has 0 spiro atoms. The Kier molecular flexibility index (Phi) is 7.31. The lowest BCUT2D eigenvalue weighted by Crippen LogP contribution is -2.34. The Morgan fingerprint density at radius 2 is 1.45 bits per heavy atom. The zero-order chi connectivity index (χ0) is 22.3. The summed E-state index contributed by atoms with van der Waals surface area (Å²) in [6.07, 6.45) is 1.82. The van der Waals surface area contributed by atoms with Crippen molar-refractivity contribution in [2.24, 2.45) is 0 Å². The molecular formula is C24H26N2O4S. The normalized spacial score (nSPS) is 11.0. The summed E-state index contributed by atoms with van der Waals surface area (Å²) in [6.45, 7) is 2.84. The predicted octanol–water partition coefficient (Wildman–Crippen LogP) is 4.82. The second-order valence-electron chi connectivity index (χ2n) is 7.21. The Morgan fingerprint density at radius 1 is 0.871 bits per heavy atom. The Balaban J connectivity index is 1.80. The lowest BCUT2D eigenvalue weighted by Gasteiger charge is -2.24. The first-order valence-corrected chi connectivity index (χ1v) is 11.8. The second-order valence-corrected chi connectivity index (χ2v) is 8.79. The first-order valence-electron chi connectivity index (χ1n) is 10.00. The first-order chi connectivity index (χ1) is 14.8. The Labute approximate surface area is 183 Å². The van der Waals surface area contributed by atoms with Gasteiger partial charge in [-0.1, -0.05) is 67.6 Å². The molecule has 0 fully saturated rings. The van der Waals surface area contributed by atoms with Crippen LogP contribution < -0.4 is 9.50 Å². The molecule has 162 valence electrons. The number of hydrogen-bond acceptors (Lipinski definition) is 4. The number of hydrogen-bond donors (Lipinski definition) is 1. The molecule has 3 aromatic carbocycles. The molecule has 0 aliphatic carbocycles. The van der Waals surface area contributed by atoms with E-state index in [9.17, 15) is 13.2 Å². The summed E-state index contributed by atoms with van der Waals surface area (Å²) in [5.74, 6) is 0.238. The maximum Gasteiger partial charge on any atom is 0.322 e. The van der Waals surface area contributed by atoms with Gasteiger partial charge in [-0.15, -0.1) is 0 Å². The maximum atomic E-state index is 13.2. The zero-order valence-electron chi connectivity index (χ0n) is 17.6. The zero-order valence-corrected chi connectivity index (χ0v) is 18.4. The molecule has 0 aliphatic rings. The van der Waals surface area contributed by atoms with Crippen molar-refractivity contribution in [3.63, 3.8) is 0 Å². The molecule has 31 heavy (non-hydrogen) atoms. The van der Waals surface area contributed by atoms with E-state index in [1.807, 2.05) is 61.5 Å². The summed E-state index contributed by atoms with van der Waals surface area (Å²) in [7, 11) is -3.58. The number of urea groups is 1. The van der Waals surface area contributed by atoms with Crippen LogP contribution in [0.2, 0.25) is 0 Å². The highest BCUT2D eigenvalue weighted by Gasteiger charge is 2.16. The third kappa shape index (κ3) is 6.86. The summed E-state index contributed by atoms with van der Waals surface area (Å²) in [4.78, 5) is 14.9. The highest BCUT2D eigenvalue weighted by atomic mass is 32.2. The fraction of sp³-hybridized carbons (Fsp3) is 0.208. The molecule has 0 bridgehead atoms. The van der Waals surface area contributed by atoms with Gasteiger partial charge in [0.25, 0.3) is 0 Å². The average Bonchev–Trinajstić information content (AvgIpc) is 2.74. The standard InChI is InChI=1S/C24H26N2O4S/c1-3-21-11-7-8-12-23(21)25-24(27)26(17-19-9-5-4-6-10-19)18-20-13-15-22(16-14-20)30-31(2,28)29/h4-16H,3,17-18H2,1-2H3,(H,25,27). The van der Waals surface area contributed by atoms with Crippen LogP contribution in [0.5, 0.6) is 5.75 Å². The third-order valence-electron chi connectivity index (χ3n) is 4.69. The van der Waals surface area contributed by atoms with E-state index < -0.39 is 10.1 Å². The van der Waals surface area contributed by atoms with Gasteiger partial charge in [0.1, 0.15) is 5.75 Å². The van der Waals surface area contributed by atoms with E-state index in [0.717, 1.165) is 35.1 Å². The minimum Gasteiger partial charge on any atom is -0.383 e. The molecule has 0 heterocycles. The molecule has 0 unspecified atom stereocenters. The van der Waals surface area contributed by atoms with Crippen molar-refractivity contribution in [3.8, 4) is 5.75 Å². The Morgan fingerprint density at radius 3 is 2.06 bits per heavy atom. The predicted molar refractivity (Wildman–Crippen MR) is 122 cm³/mol. The Hall–Kier alpha value is -3.32. The maximum absolute atomic E-state index is 13.2. The minimum atomic E-state index is -3.58. The quantitative estimate of drug-likeness (QED) is 0.512. The minimum absolute atomic E-state index is 0.207. The number of carbonyl (C=O) groups excluding carboxylic acids is 1. The van der Waals surface area contributed by atoms with Gasteiger partial charge in [0.2, 0.25) is 0 Å². The van der Waals surface area contributed by atoms with Crippen LogP contribution in [0.1, 0.15) is 23.6 Å². The molecule has 0 aliphatic heterocycles. The van der Waals surface area contributed by atoms with Crippen molar-refractivity contribution in [1.82, 2.24) is 4.90 Å². The monoisotopic (exact) mass is 438 g/mol. The van der Waals surface area contributed by atoms with Gasteiger partial charge in [-0.2, -0.15) is 8.42 Å². The number of rotatable bonds is 8. The fourth-order valence-corrected chi connectivity index (χ4v) is 3.65. The molecule has 1 N–H and O–H groups in total. The van der Waals surface area contributed by atoms with Gasteiger partial charge in [0, 0.05) is 18.8 Å². The fourth-order valence-electron chi connectivity index (χ4n) is 3.19. The van der Waals surface area contributed by atoms with Crippen molar-refractivity contribution in [2.75, 3.05) is 11.6 Å². The Bertz CT molecular complexity index is 1110. The summed E-state index contributed by atoms with van der Waals surface area (Å²) < 4.78 is 27.5. The van der Waals surface area contributed by atoms with Crippen LogP contribution in [-0.4, -0.2) is 25.6 Å². The van der Waals surface area contributed by atoms with Crippen molar-refractivity contribution in [3.05, 3.63) is 95.6 Å². The van der Waals surface area contributed by atoms with Crippen LogP contribution >= 0.6 is 0 Å². The molecule has 0 saturated carbocycles. The average molecular weight is 439 g/mol. The first kappa shape index (κ1) is 22.4. The van der Waals surface area contributed by atoms with Crippen molar-refractivity contribution < 1.29 is 17.4 Å². The second kappa shape index (κ2) is 10.1. The molecule has 0 atom stereocenters. The van der Waals surface area contributed by atoms with Crippen LogP contribution in [0.25, 0.3) is 0 Å². The van der Waals surface area contributed by atoms with Crippen LogP contribution in [0.4, 0.5) is 10.5 Å². The number of aryl methyl sites for hydroxylation is 1. The molecule has 6 nitrogen and oxygen atoms in total. The molecule has 7 heteroatoms. The number of anilines is 1. The van der Waals surface area contributed by atoms with E-state index in [4.69, 9.17) is 4.18 Å². The van der Waals surface area contributed by atoms with Gasteiger partial charge < -0.3 is 14.4 Å². The molecular weight excluding hydrogens is 412 g/mol. The van der Waals surface area contributed by atoms with E-state index >= 15 is 0 Å². The van der Waals surface area contributed by atoms with Crippen molar-refractivity contribution >= 4 is 21.8 Å². The highest BCUT2D eigenvalue weighted by molar-refractivity contribution is 7.86. The van der Waals surface area contributed by atoms with E-state index in [-0.39, 0.29) is 11.8 Å². The van der Waals surface area contributed by atoms with E-state index in [1.165, 1.54) is 0 Å². The topological polar surface area (TPSA) is 75.7 Å². The summed E-state index contributed by atoms with van der Waals surface area (Å²) in [6, 6.07) is 24.0. The molecule has 0 aromatic heterocycles. The smallest absolute Gasteiger partial charge is 0.322 e. The number of nitrogens with zero attached hydrogens (tertiary/aromatic N) is 1. The van der Waals surface area contributed by atoms with E-state index in [0.29, 0.717) is 13.1 Å². The highest BCUT2D eigenvalue weighted by Crippen LogP contribution is 2.19. The summed E-state index contributed by atoms with van der Waals surface area (Å²) in [5.41, 5.74) is 3.73. The third-order valence-corrected chi connectivity index (χ3v) is 5.18. The van der Waals surface area contributed by atoms with Gasteiger partial charge in [-0.25, -0.2) is 4.79 Å². The SMILES string of the molecule is CCc1ccccc1NC(=O)N(Cc1ccccc1)Cc1ccc(OS(C)(=O)=O)cc1. The molecule has 0 radical (unpaired) electrons. The van der Waals surface area contributed by atoms with Gasteiger partial charge >= 0.3 is 16.1 Å². The lowest BCUT2D eigenvalue weighted by atomic mass is 10.1. The lowest BCUT2D eigenvalue weighted by molar-refractivity contribution is 0.206. The number of amides is 2. The summed E-state index contributed by atoms with van der Waals surface area (Å²) >= 11 is 0. The largest absolute Gasteiger partial charge is 0.383 e. The van der Waals surface area contributed by atoms with Gasteiger partial charge in [-0.05, 0) is 41.3 Å². The molecule has 3 rings (SSSR count). The van der Waals surface area contributed by atoms with Gasteiger partial charge in [0.15, 0.2) is 0 Å². The van der Waals surface area contributed by atoms with Crippen LogP contribution in [0, 0.1) is 0 Å². The molecule has 2 amide bonds. The number of nitrogens with one attached hydrogen (secondary N) is 1. The number of benzene rings is 3. The van der Waals surface area contributed by atoms with Gasteiger partial charge in [0.05, 0.1) is 6.26 Å². The van der Waals surface area contributed by atoms with Crippen LogP contribution in [-0.2, 0) is 29.6 Å². The van der Waals surface area contributed by atoms with Crippen molar-refractivity contribution in [2.45, 2.75) is 26.4 Å². The number of para-hydroxylation sites is 1. The molecule has 0 saturated heterocycles. The number of carbonyl (C=O) groups is 1. The van der Waals surface area contributed by atoms with Gasteiger partial charge in [-0.3, -0.25) is 0 Å². The summed E-state index contributed by atoms with van der Waals surface area (Å²) in [5, 5.41) is 3.03. The molecule has 3 aromatic rings.